The lowest BCUT2D eigenvalue weighted by atomic mass is 10.0. The molecular weight excluding hydrogens is 200 g/mol. The average molecular weight is 228 g/mol. The molecule has 1 heterocycles. The summed E-state index contributed by atoms with van der Waals surface area (Å²) >= 11 is 0. The highest BCUT2D eigenvalue weighted by atomic mass is 16.5. The molecule has 0 spiro atoms. The third kappa shape index (κ3) is 4.81. The fourth-order valence-corrected chi connectivity index (χ4v) is 2.17. The number of hydrogen-bond donors (Lipinski definition) is 1. The van der Waals surface area contributed by atoms with Crippen molar-refractivity contribution in [2.45, 2.75) is 51.2 Å². The molecule has 1 rings (SSSR count). The zero-order chi connectivity index (χ0) is 12.0. The Morgan fingerprint density at radius 2 is 2.06 bits per heavy atom. The zero-order valence-corrected chi connectivity index (χ0v) is 11.4. The molecule has 0 aromatic rings. The van der Waals surface area contributed by atoms with E-state index < -0.39 is 0 Å². The summed E-state index contributed by atoms with van der Waals surface area (Å²) in [7, 11) is 4.05. The molecule has 1 aliphatic rings. The van der Waals surface area contributed by atoms with E-state index in [-0.39, 0.29) is 5.60 Å². The summed E-state index contributed by atoms with van der Waals surface area (Å²) in [4.78, 5) is 2.51. The minimum atomic E-state index is 0.0112. The lowest BCUT2D eigenvalue weighted by Gasteiger charge is -2.31. The molecule has 0 saturated carbocycles. The molecule has 0 aromatic carbocycles. The normalized spacial score (nSPS) is 23.4. The van der Waals surface area contributed by atoms with Crippen LogP contribution in [0.15, 0.2) is 0 Å². The summed E-state index contributed by atoms with van der Waals surface area (Å²) in [5.41, 5.74) is 0.0112. The average Bonchev–Trinajstić information content (AvgIpc) is 2.54. The number of hydrogen-bond acceptors (Lipinski definition) is 3. The summed E-state index contributed by atoms with van der Waals surface area (Å²) in [5.74, 6) is 0. The highest BCUT2D eigenvalue weighted by Gasteiger charge is 2.21. The van der Waals surface area contributed by atoms with Gasteiger partial charge in [0, 0.05) is 19.7 Å². The lowest BCUT2D eigenvalue weighted by molar-refractivity contribution is 0.00596. The van der Waals surface area contributed by atoms with E-state index in [1.165, 1.54) is 32.4 Å². The van der Waals surface area contributed by atoms with Crippen LogP contribution in [0.25, 0.3) is 0 Å². The Bertz CT molecular complexity index is 186. The fraction of sp³-hybridized carbons (Fsp3) is 1.00. The van der Waals surface area contributed by atoms with E-state index in [2.05, 4.69) is 31.1 Å². The molecule has 0 amide bonds. The molecule has 1 fully saturated rings. The molecule has 3 nitrogen and oxygen atoms in total. The van der Waals surface area contributed by atoms with Crippen LogP contribution in [-0.2, 0) is 4.74 Å². The maximum Gasteiger partial charge on any atom is 0.0634 e. The van der Waals surface area contributed by atoms with E-state index in [0.717, 1.165) is 19.0 Å². The highest BCUT2D eigenvalue weighted by Crippen LogP contribution is 2.17. The van der Waals surface area contributed by atoms with Gasteiger partial charge in [-0.15, -0.1) is 0 Å². The monoisotopic (exact) mass is 228 g/mol. The number of rotatable bonds is 5. The highest BCUT2D eigenvalue weighted by molar-refractivity contribution is 4.76. The largest absolute Gasteiger partial charge is 0.379 e. The van der Waals surface area contributed by atoms with Crippen molar-refractivity contribution in [3.05, 3.63) is 0 Å². The van der Waals surface area contributed by atoms with Crippen LogP contribution in [0.2, 0.25) is 0 Å². The van der Waals surface area contributed by atoms with Crippen LogP contribution < -0.4 is 5.32 Å². The van der Waals surface area contributed by atoms with Crippen LogP contribution in [0.1, 0.15) is 39.5 Å². The summed E-state index contributed by atoms with van der Waals surface area (Å²) in [6.45, 7) is 7.81. The first kappa shape index (κ1) is 13.9. The van der Waals surface area contributed by atoms with E-state index in [0.29, 0.717) is 0 Å². The van der Waals surface area contributed by atoms with Gasteiger partial charge in [-0.05, 0) is 59.7 Å². The van der Waals surface area contributed by atoms with E-state index >= 15 is 0 Å². The molecule has 0 aromatic heterocycles. The second kappa shape index (κ2) is 6.58. The standard InChI is InChI=1S/C13H28N2O/c1-13(2,16-4)8-11-15(3)12-6-5-9-14-10-7-12/h12,14H,5-11H2,1-4H3. The topological polar surface area (TPSA) is 24.5 Å². The van der Waals surface area contributed by atoms with Gasteiger partial charge < -0.3 is 15.0 Å². The molecule has 16 heavy (non-hydrogen) atoms. The Morgan fingerprint density at radius 1 is 1.31 bits per heavy atom. The Morgan fingerprint density at radius 3 is 2.75 bits per heavy atom. The van der Waals surface area contributed by atoms with Crippen molar-refractivity contribution in [1.29, 1.82) is 0 Å². The molecule has 0 aliphatic carbocycles. The smallest absolute Gasteiger partial charge is 0.0634 e. The minimum absolute atomic E-state index is 0.0112. The van der Waals surface area contributed by atoms with Crippen molar-refractivity contribution in [3.8, 4) is 0 Å². The van der Waals surface area contributed by atoms with E-state index in [1.807, 2.05) is 0 Å². The second-order valence-electron chi connectivity index (χ2n) is 5.53. The molecule has 96 valence electrons. The van der Waals surface area contributed by atoms with E-state index in [9.17, 15) is 0 Å². The van der Waals surface area contributed by atoms with Gasteiger partial charge in [0.2, 0.25) is 0 Å². The van der Waals surface area contributed by atoms with Crippen LogP contribution in [-0.4, -0.2) is 50.3 Å². The van der Waals surface area contributed by atoms with Gasteiger partial charge in [-0.3, -0.25) is 0 Å². The van der Waals surface area contributed by atoms with E-state index in [1.54, 1.807) is 7.11 Å². The van der Waals surface area contributed by atoms with Gasteiger partial charge in [0.05, 0.1) is 5.60 Å². The molecule has 0 radical (unpaired) electrons. The Balaban J connectivity index is 2.30. The fourth-order valence-electron chi connectivity index (χ4n) is 2.17. The molecule has 1 saturated heterocycles. The number of nitrogens with one attached hydrogen (secondary N) is 1. The van der Waals surface area contributed by atoms with Crippen molar-refractivity contribution in [2.75, 3.05) is 33.8 Å². The first-order chi connectivity index (χ1) is 7.55. The Labute approximate surface area is 101 Å². The molecule has 1 unspecified atom stereocenters. The predicted octanol–water partition coefficient (Wildman–Crippen LogP) is 1.88. The lowest BCUT2D eigenvalue weighted by Crippen LogP contribution is -2.37. The first-order valence-corrected chi connectivity index (χ1v) is 6.51. The molecular formula is C13H28N2O. The summed E-state index contributed by atoms with van der Waals surface area (Å²) in [6, 6.07) is 0.752. The maximum atomic E-state index is 5.46. The van der Waals surface area contributed by atoms with Crippen molar-refractivity contribution in [1.82, 2.24) is 10.2 Å². The van der Waals surface area contributed by atoms with Gasteiger partial charge in [0.25, 0.3) is 0 Å². The minimum Gasteiger partial charge on any atom is -0.379 e. The van der Waals surface area contributed by atoms with Gasteiger partial charge in [0.15, 0.2) is 0 Å². The summed E-state index contributed by atoms with van der Waals surface area (Å²) < 4.78 is 5.46. The predicted molar refractivity (Wildman–Crippen MR) is 68.8 cm³/mol. The second-order valence-corrected chi connectivity index (χ2v) is 5.53. The van der Waals surface area contributed by atoms with Gasteiger partial charge in [-0.2, -0.15) is 0 Å². The quantitative estimate of drug-likeness (QED) is 0.777. The maximum absolute atomic E-state index is 5.46. The van der Waals surface area contributed by atoms with Crippen LogP contribution in [0.5, 0.6) is 0 Å². The summed E-state index contributed by atoms with van der Waals surface area (Å²) in [5, 5.41) is 3.46. The zero-order valence-electron chi connectivity index (χ0n) is 11.4. The number of ether oxygens (including phenoxy) is 1. The first-order valence-electron chi connectivity index (χ1n) is 6.51. The van der Waals surface area contributed by atoms with Crippen molar-refractivity contribution in [3.63, 3.8) is 0 Å². The van der Waals surface area contributed by atoms with Crippen LogP contribution in [0.3, 0.4) is 0 Å². The van der Waals surface area contributed by atoms with Crippen LogP contribution >= 0.6 is 0 Å². The Hall–Kier alpha value is -0.120. The van der Waals surface area contributed by atoms with Crippen molar-refractivity contribution in [2.24, 2.45) is 0 Å². The van der Waals surface area contributed by atoms with Gasteiger partial charge in [-0.1, -0.05) is 0 Å². The Kier molecular flexibility index (Phi) is 5.73. The molecule has 1 atom stereocenters. The molecule has 0 bridgehead atoms. The van der Waals surface area contributed by atoms with E-state index in [4.69, 9.17) is 4.74 Å². The third-order valence-corrected chi connectivity index (χ3v) is 3.79. The van der Waals surface area contributed by atoms with Crippen molar-refractivity contribution < 1.29 is 4.74 Å². The van der Waals surface area contributed by atoms with Crippen LogP contribution in [0, 0.1) is 0 Å². The summed E-state index contributed by atoms with van der Waals surface area (Å²) in [6.07, 6.45) is 5.02. The molecule has 3 heteroatoms. The third-order valence-electron chi connectivity index (χ3n) is 3.79. The van der Waals surface area contributed by atoms with Crippen LogP contribution in [0.4, 0.5) is 0 Å². The van der Waals surface area contributed by atoms with Gasteiger partial charge in [0.1, 0.15) is 0 Å². The molecule has 1 N–H and O–H groups in total. The number of methoxy groups -OCH3 is 1. The number of nitrogens with zero attached hydrogens (tertiary/aromatic N) is 1. The van der Waals surface area contributed by atoms with Gasteiger partial charge in [-0.25, -0.2) is 0 Å². The SMILES string of the molecule is COC(C)(C)CCN(C)C1CCCNCC1. The van der Waals surface area contributed by atoms with Crippen molar-refractivity contribution >= 4 is 0 Å². The molecule has 1 aliphatic heterocycles. The van der Waals surface area contributed by atoms with Gasteiger partial charge >= 0.3 is 0 Å².